The molecule has 0 aliphatic carbocycles. The van der Waals surface area contributed by atoms with Crippen molar-refractivity contribution in [1.29, 1.82) is 0 Å². The van der Waals surface area contributed by atoms with Crippen LogP contribution in [0.1, 0.15) is 17.3 Å². The summed E-state index contributed by atoms with van der Waals surface area (Å²) < 4.78 is 0. The van der Waals surface area contributed by atoms with Gasteiger partial charge in [0.25, 0.3) is 0 Å². The van der Waals surface area contributed by atoms with E-state index >= 15 is 0 Å². The second kappa shape index (κ2) is 3.83. The lowest BCUT2D eigenvalue weighted by atomic mass is 10.1. The number of hydrogen-bond acceptors (Lipinski definition) is 2. The molecule has 2 N–H and O–H groups in total. The summed E-state index contributed by atoms with van der Waals surface area (Å²) in [5.74, 6) is 0. The Morgan fingerprint density at radius 1 is 1.50 bits per heavy atom. The fourth-order valence-corrected chi connectivity index (χ4v) is 0.993. The maximum Gasteiger partial charge on any atom is 0.0682 e. The fourth-order valence-electron chi connectivity index (χ4n) is 0.993. The van der Waals surface area contributed by atoms with E-state index in [2.05, 4.69) is 18.1 Å². The number of nitrogens with zero attached hydrogens (tertiary/aromatic N) is 1. The first-order valence-electron chi connectivity index (χ1n) is 3.75. The van der Waals surface area contributed by atoms with Crippen molar-refractivity contribution >= 4 is 6.08 Å². The van der Waals surface area contributed by atoms with Crippen molar-refractivity contribution in [2.75, 3.05) is 0 Å². The van der Waals surface area contributed by atoms with Gasteiger partial charge in [-0.1, -0.05) is 24.8 Å². The molecule has 0 radical (unpaired) electrons. The molecule has 0 spiro atoms. The van der Waals surface area contributed by atoms with Crippen molar-refractivity contribution in [1.82, 2.24) is 4.98 Å². The van der Waals surface area contributed by atoms with E-state index in [1.165, 1.54) is 0 Å². The molecule has 62 valence electrons. The van der Waals surface area contributed by atoms with Gasteiger partial charge in [-0.15, -0.1) is 6.58 Å². The van der Waals surface area contributed by atoms with Gasteiger partial charge in [0.1, 0.15) is 0 Å². The summed E-state index contributed by atoms with van der Waals surface area (Å²) >= 11 is 0. The van der Waals surface area contributed by atoms with E-state index in [4.69, 9.17) is 5.73 Å². The molecule has 12 heavy (non-hydrogen) atoms. The average Bonchev–Trinajstić information content (AvgIpc) is 2.16. The monoisotopic (exact) mass is 160 g/mol. The van der Waals surface area contributed by atoms with E-state index in [-0.39, 0.29) is 6.04 Å². The summed E-state index contributed by atoms with van der Waals surface area (Å²) in [7, 11) is 0. The van der Waals surface area contributed by atoms with Crippen molar-refractivity contribution < 1.29 is 0 Å². The highest BCUT2D eigenvalue weighted by Gasteiger charge is 2.05. The lowest BCUT2D eigenvalue weighted by Crippen LogP contribution is -2.10. The minimum absolute atomic E-state index is 0.209. The molecule has 1 aromatic heterocycles. The Kier molecular flexibility index (Phi) is 2.77. The normalized spacial score (nSPS) is 12.1. The van der Waals surface area contributed by atoms with Gasteiger partial charge in [0, 0.05) is 6.20 Å². The Balaban J connectivity index is 3.12. The van der Waals surface area contributed by atoms with Crippen LogP contribution >= 0.6 is 0 Å². The van der Waals surface area contributed by atoms with Crippen LogP contribution < -0.4 is 5.73 Å². The van der Waals surface area contributed by atoms with Gasteiger partial charge in [-0.05, 0) is 11.6 Å². The van der Waals surface area contributed by atoms with Crippen molar-refractivity contribution in [3.05, 3.63) is 48.8 Å². The molecule has 0 saturated carbocycles. The number of aromatic nitrogens is 1. The third kappa shape index (κ3) is 1.60. The van der Waals surface area contributed by atoms with Crippen LogP contribution in [-0.2, 0) is 0 Å². The first kappa shape index (κ1) is 8.68. The minimum atomic E-state index is -0.209. The molecule has 1 aromatic rings. The predicted octanol–water partition coefficient (Wildman–Crippen LogP) is 1.91. The van der Waals surface area contributed by atoms with Gasteiger partial charge in [0.05, 0.1) is 11.7 Å². The summed E-state index contributed by atoms with van der Waals surface area (Å²) in [4.78, 5) is 4.15. The highest BCUT2D eigenvalue weighted by Crippen LogP contribution is 2.14. The first-order chi connectivity index (χ1) is 5.79. The van der Waals surface area contributed by atoms with Crippen LogP contribution in [0.2, 0.25) is 0 Å². The van der Waals surface area contributed by atoms with E-state index in [9.17, 15) is 0 Å². The molecule has 0 aliphatic rings. The summed E-state index contributed by atoms with van der Waals surface area (Å²) in [6, 6.07) is 3.58. The lowest BCUT2D eigenvalue weighted by Gasteiger charge is -2.07. The van der Waals surface area contributed by atoms with Crippen LogP contribution in [0.25, 0.3) is 6.08 Å². The Hall–Kier alpha value is -1.41. The quantitative estimate of drug-likeness (QED) is 0.686. The smallest absolute Gasteiger partial charge is 0.0682 e. The molecule has 1 rings (SSSR count). The zero-order chi connectivity index (χ0) is 8.97. The van der Waals surface area contributed by atoms with Crippen molar-refractivity contribution in [3.63, 3.8) is 0 Å². The van der Waals surface area contributed by atoms with Gasteiger partial charge >= 0.3 is 0 Å². The third-order valence-electron chi connectivity index (χ3n) is 1.66. The highest BCUT2D eigenvalue weighted by atomic mass is 14.8. The molecule has 0 fully saturated rings. The molecule has 0 aromatic carbocycles. The molecule has 0 aliphatic heterocycles. The standard InChI is InChI=1S/C10H12N2/c1-3-8-6-5-7-12-10(8)9(11)4-2/h3-7,9H,1-2,11H2/t9-/m0/s1. The predicted molar refractivity (Wildman–Crippen MR) is 51.5 cm³/mol. The van der Waals surface area contributed by atoms with Gasteiger partial charge in [0.15, 0.2) is 0 Å². The van der Waals surface area contributed by atoms with Gasteiger partial charge in [-0.25, -0.2) is 0 Å². The van der Waals surface area contributed by atoms with E-state index < -0.39 is 0 Å². The number of rotatable bonds is 3. The van der Waals surface area contributed by atoms with Crippen molar-refractivity contribution in [3.8, 4) is 0 Å². The van der Waals surface area contributed by atoms with Crippen molar-refractivity contribution in [2.24, 2.45) is 5.73 Å². The second-order valence-electron chi connectivity index (χ2n) is 2.44. The van der Waals surface area contributed by atoms with Gasteiger partial charge < -0.3 is 5.73 Å². The van der Waals surface area contributed by atoms with Crippen LogP contribution in [-0.4, -0.2) is 4.98 Å². The van der Waals surface area contributed by atoms with E-state index in [1.807, 2.05) is 12.1 Å². The van der Waals surface area contributed by atoms with Crippen LogP contribution in [0.15, 0.2) is 37.6 Å². The molecule has 0 unspecified atom stereocenters. The summed E-state index contributed by atoms with van der Waals surface area (Å²) in [6.07, 6.45) is 5.12. The maximum atomic E-state index is 5.74. The van der Waals surface area contributed by atoms with Crippen molar-refractivity contribution in [2.45, 2.75) is 6.04 Å². The molecule has 0 bridgehead atoms. The lowest BCUT2D eigenvalue weighted by molar-refractivity contribution is 0.861. The Labute approximate surface area is 72.4 Å². The van der Waals surface area contributed by atoms with E-state index in [0.717, 1.165) is 11.3 Å². The SMILES string of the molecule is C=Cc1cccnc1[C@@H](N)C=C. The summed E-state index contributed by atoms with van der Waals surface area (Å²) in [6.45, 7) is 7.29. The van der Waals surface area contributed by atoms with E-state index in [1.54, 1.807) is 18.3 Å². The molecule has 1 atom stereocenters. The molecule has 1 heterocycles. The second-order valence-corrected chi connectivity index (χ2v) is 2.44. The first-order valence-corrected chi connectivity index (χ1v) is 3.75. The molecular weight excluding hydrogens is 148 g/mol. The van der Waals surface area contributed by atoms with E-state index in [0.29, 0.717) is 0 Å². The molecule has 0 saturated heterocycles. The Morgan fingerprint density at radius 2 is 2.25 bits per heavy atom. The van der Waals surface area contributed by atoms with Crippen LogP contribution in [0, 0.1) is 0 Å². The van der Waals surface area contributed by atoms with Gasteiger partial charge in [-0.3, -0.25) is 4.98 Å². The zero-order valence-corrected chi connectivity index (χ0v) is 6.90. The largest absolute Gasteiger partial charge is 0.319 e. The topological polar surface area (TPSA) is 38.9 Å². The number of hydrogen-bond donors (Lipinski definition) is 1. The summed E-state index contributed by atoms with van der Waals surface area (Å²) in [5.41, 5.74) is 7.53. The average molecular weight is 160 g/mol. The zero-order valence-electron chi connectivity index (χ0n) is 6.90. The van der Waals surface area contributed by atoms with Crippen LogP contribution in [0.4, 0.5) is 0 Å². The van der Waals surface area contributed by atoms with Gasteiger partial charge in [0.2, 0.25) is 0 Å². The highest BCUT2D eigenvalue weighted by molar-refractivity contribution is 5.50. The Bertz CT molecular complexity index is 292. The maximum absolute atomic E-state index is 5.74. The van der Waals surface area contributed by atoms with Crippen LogP contribution in [0.5, 0.6) is 0 Å². The minimum Gasteiger partial charge on any atom is -0.319 e. The molecular formula is C10H12N2. The van der Waals surface area contributed by atoms with Crippen LogP contribution in [0.3, 0.4) is 0 Å². The Morgan fingerprint density at radius 3 is 2.83 bits per heavy atom. The third-order valence-corrected chi connectivity index (χ3v) is 1.66. The fraction of sp³-hybridized carbons (Fsp3) is 0.100. The molecule has 2 heteroatoms. The number of pyridine rings is 1. The molecule has 2 nitrogen and oxygen atoms in total. The summed E-state index contributed by atoms with van der Waals surface area (Å²) in [5, 5.41) is 0. The number of nitrogens with two attached hydrogens (primary N) is 1. The molecule has 0 amide bonds. The van der Waals surface area contributed by atoms with Gasteiger partial charge in [-0.2, -0.15) is 0 Å².